The monoisotopic (exact) mass is 341 g/mol. The van der Waals surface area contributed by atoms with Crippen LogP contribution in [0, 0.1) is 6.92 Å². The van der Waals surface area contributed by atoms with E-state index < -0.39 is 0 Å². The van der Waals surface area contributed by atoms with Crippen LogP contribution in [0.15, 0.2) is 30.3 Å². The molecule has 0 atom stereocenters. The molecule has 124 valence electrons. The van der Waals surface area contributed by atoms with Crippen molar-refractivity contribution in [2.24, 2.45) is 0 Å². The Hall–Kier alpha value is -2.32. The predicted molar refractivity (Wildman–Crippen MR) is 94.0 cm³/mol. The van der Waals surface area contributed by atoms with E-state index in [1.54, 1.807) is 0 Å². The summed E-state index contributed by atoms with van der Waals surface area (Å²) >= 11 is 1.48. The number of aromatic amines is 1. The Labute approximate surface area is 144 Å². The van der Waals surface area contributed by atoms with Crippen LogP contribution in [-0.4, -0.2) is 55.6 Å². The molecule has 0 spiro atoms. The molecule has 0 saturated carbocycles. The first-order chi connectivity index (χ1) is 11.8. The number of piperazine rings is 1. The van der Waals surface area contributed by atoms with Crippen LogP contribution in [-0.2, 0) is 6.54 Å². The topological polar surface area (TPSA) is 73.8 Å². The molecule has 8 heteroatoms. The van der Waals surface area contributed by atoms with E-state index in [0.29, 0.717) is 0 Å². The van der Waals surface area contributed by atoms with E-state index in [4.69, 9.17) is 4.98 Å². The van der Waals surface area contributed by atoms with Crippen molar-refractivity contribution >= 4 is 16.7 Å². The van der Waals surface area contributed by atoms with Gasteiger partial charge in [-0.3, -0.25) is 10.00 Å². The highest BCUT2D eigenvalue weighted by Gasteiger charge is 2.21. The van der Waals surface area contributed by atoms with Gasteiger partial charge in [-0.1, -0.05) is 30.3 Å². The molecule has 24 heavy (non-hydrogen) atoms. The molecule has 1 aliphatic rings. The molecule has 3 heterocycles. The molecule has 3 aromatic rings. The van der Waals surface area contributed by atoms with E-state index in [9.17, 15) is 0 Å². The van der Waals surface area contributed by atoms with Gasteiger partial charge in [0.25, 0.3) is 0 Å². The second kappa shape index (κ2) is 6.66. The van der Waals surface area contributed by atoms with Crippen LogP contribution in [0.5, 0.6) is 0 Å². The number of nitrogens with one attached hydrogen (secondary N) is 1. The SMILES string of the molecule is Cc1nc(CN2CCN(c3nc(-c4ccccc4)ns3)CC2)n[nH]1. The zero-order valence-corrected chi connectivity index (χ0v) is 14.3. The summed E-state index contributed by atoms with van der Waals surface area (Å²) < 4.78 is 4.50. The Kier molecular flexibility index (Phi) is 4.22. The molecule has 1 saturated heterocycles. The molecule has 4 rings (SSSR count). The summed E-state index contributed by atoms with van der Waals surface area (Å²) in [6, 6.07) is 10.1. The van der Waals surface area contributed by atoms with Gasteiger partial charge in [0.15, 0.2) is 11.6 Å². The summed E-state index contributed by atoms with van der Waals surface area (Å²) in [4.78, 5) is 13.8. The third kappa shape index (κ3) is 3.29. The fraction of sp³-hybridized carbons (Fsp3) is 0.375. The van der Waals surface area contributed by atoms with Gasteiger partial charge in [-0.2, -0.15) is 14.5 Å². The van der Waals surface area contributed by atoms with Gasteiger partial charge in [0.1, 0.15) is 5.82 Å². The first-order valence-electron chi connectivity index (χ1n) is 8.02. The van der Waals surface area contributed by atoms with E-state index in [1.807, 2.05) is 37.3 Å². The quantitative estimate of drug-likeness (QED) is 0.782. The molecule has 1 N–H and O–H groups in total. The van der Waals surface area contributed by atoms with E-state index >= 15 is 0 Å². The fourth-order valence-corrected chi connectivity index (χ4v) is 3.55. The molecule has 7 nitrogen and oxygen atoms in total. The normalized spacial score (nSPS) is 15.8. The minimum absolute atomic E-state index is 0.795. The molecule has 0 bridgehead atoms. The second-order valence-electron chi connectivity index (χ2n) is 5.87. The Balaban J connectivity index is 1.37. The van der Waals surface area contributed by atoms with Gasteiger partial charge in [0, 0.05) is 43.3 Å². The number of nitrogens with zero attached hydrogens (tertiary/aromatic N) is 6. The van der Waals surface area contributed by atoms with E-state index in [2.05, 4.69) is 29.4 Å². The summed E-state index contributed by atoms with van der Waals surface area (Å²) in [6.07, 6.45) is 0. The minimum atomic E-state index is 0.795. The van der Waals surface area contributed by atoms with Crippen LogP contribution < -0.4 is 4.90 Å². The maximum atomic E-state index is 4.70. The van der Waals surface area contributed by atoms with E-state index in [1.165, 1.54) is 11.5 Å². The molecular weight excluding hydrogens is 322 g/mol. The molecule has 2 aromatic heterocycles. The standard InChI is InChI=1S/C16H19N7S/c1-12-17-14(20-19-12)11-22-7-9-23(10-8-22)16-18-15(21-24-16)13-5-3-2-4-6-13/h2-6H,7-11H2,1H3,(H,17,19,20). The maximum absolute atomic E-state index is 4.70. The summed E-state index contributed by atoms with van der Waals surface area (Å²) in [5.74, 6) is 2.54. The number of hydrogen-bond donors (Lipinski definition) is 1. The first kappa shape index (κ1) is 15.2. The number of anilines is 1. The summed E-state index contributed by atoms with van der Waals surface area (Å²) in [5, 5.41) is 8.11. The average Bonchev–Trinajstić information content (AvgIpc) is 3.26. The lowest BCUT2D eigenvalue weighted by Crippen LogP contribution is -2.46. The number of benzene rings is 1. The molecule has 1 fully saturated rings. The van der Waals surface area contributed by atoms with Crippen molar-refractivity contribution in [1.82, 2.24) is 29.4 Å². The first-order valence-corrected chi connectivity index (χ1v) is 8.79. The second-order valence-corrected chi connectivity index (χ2v) is 6.60. The van der Waals surface area contributed by atoms with Crippen molar-refractivity contribution in [2.45, 2.75) is 13.5 Å². The minimum Gasteiger partial charge on any atom is -0.344 e. The fourth-order valence-electron chi connectivity index (χ4n) is 2.81. The lowest BCUT2D eigenvalue weighted by atomic mass is 10.2. The van der Waals surface area contributed by atoms with E-state index in [0.717, 1.165) is 60.9 Å². The molecule has 1 aliphatic heterocycles. The van der Waals surface area contributed by atoms with Crippen molar-refractivity contribution in [1.29, 1.82) is 0 Å². The van der Waals surface area contributed by atoms with Gasteiger partial charge in [0.05, 0.1) is 6.54 Å². The number of hydrogen-bond acceptors (Lipinski definition) is 7. The van der Waals surface area contributed by atoms with Crippen molar-refractivity contribution in [3.63, 3.8) is 0 Å². The third-order valence-electron chi connectivity index (χ3n) is 4.10. The van der Waals surface area contributed by atoms with Gasteiger partial charge in [-0.25, -0.2) is 4.98 Å². The number of aryl methyl sites for hydroxylation is 1. The van der Waals surface area contributed by atoms with Gasteiger partial charge in [0.2, 0.25) is 5.13 Å². The third-order valence-corrected chi connectivity index (χ3v) is 4.88. The van der Waals surface area contributed by atoms with Gasteiger partial charge in [-0.15, -0.1) is 0 Å². The molecule has 0 unspecified atom stereocenters. The zero-order valence-electron chi connectivity index (χ0n) is 13.5. The van der Waals surface area contributed by atoms with Crippen LogP contribution in [0.3, 0.4) is 0 Å². The van der Waals surface area contributed by atoms with Crippen LogP contribution in [0.25, 0.3) is 11.4 Å². The van der Waals surface area contributed by atoms with Crippen molar-refractivity contribution in [3.8, 4) is 11.4 Å². The molecule has 1 aromatic carbocycles. The van der Waals surface area contributed by atoms with Crippen molar-refractivity contribution in [3.05, 3.63) is 42.0 Å². The highest BCUT2D eigenvalue weighted by Crippen LogP contribution is 2.24. The average molecular weight is 341 g/mol. The van der Waals surface area contributed by atoms with Gasteiger partial charge < -0.3 is 4.90 Å². The van der Waals surface area contributed by atoms with Gasteiger partial charge >= 0.3 is 0 Å². The Morgan fingerprint density at radius 2 is 1.88 bits per heavy atom. The Morgan fingerprint density at radius 3 is 2.58 bits per heavy atom. The van der Waals surface area contributed by atoms with E-state index in [-0.39, 0.29) is 0 Å². The molecule has 0 amide bonds. The number of H-pyrrole nitrogens is 1. The molecule has 0 aliphatic carbocycles. The van der Waals surface area contributed by atoms with Crippen LogP contribution in [0.1, 0.15) is 11.6 Å². The van der Waals surface area contributed by atoms with Crippen LogP contribution in [0.2, 0.25) is 0 Å². The molecule has 0 radical (unpaired) electrons. The van der Waals surface area contributed by atoms with Crippen molar-refractivity contribution in [2.75, 3.05) is 31.1 Å². The number of aromatic nitrogens is 5. The summed E-state index contributed by atoms with van der Waals surface area (Å²) in [6.45, 7) is 6.58. The lowest BCUT2D eigenvalue weighted by Gasteiger charge is -2.33. The Bertz CT molecular complexity index is 790. The van der Waals surface area contributed by atoms with Crippen LogP contribution >= 0.6 is 11.5 Å². The zero-order chi connectivity index (χ0) is 16.4. The highest BCUT2D eigenvalue weighted by molar-refractivity contribution is 7.09. The lowest BCUT2D eigenvalue weighted by molar-refractivity contribution is 0.244. The van der Waals surface area contributed by atoms with Crippen molar-refractivity contribution < 1.29 is 0 Å². The Morgan fingerprint density at radius 1 is 1.08 bits per heavy atom. The maximum Gasteiger partial charge on any atom is 0.205 e. The predicted octanol–water partition coefficient (Wildman–Crippen LogP) is 1.95. The van der Waals surface area contributed by atoms with Crippen LogP contribution in [0.4, 0.5) is 5.13 Å². The summed E-state index contributed by atoms with van der Waals surface area (Å²) in [7, 11) is 0. The molecular formula is C16H19N7S. The number of rotatable bonds is 4. The largest absolute Gasteiger partial charge is 0.344 e. The smallest absolute Gasteiger partial charge is 0.205 e. The highest BCUT2D eigenvalue weighted by atomic mass is 32.1. The van der Waals surface area contributed by atoms with Gasteiger partial charge in [-0.05, 0) is 6.92 Å². The summed E-state index contributed by atoms with van der Waals surface area (Å²) in [5.41, 5.74) is 1.07.